The first kappa shape index (κ1) is 13.7. The number of benzene rings is 1. The molecule has 0 bridgehead atoms. The van der Waals surface area contributed by atoms with E-state index in [4.69, 9.17) is 0 Å². The second kappa shape index (κ2) is 5.52. The molecule has 1 heterocycles. The molecule has 0 aliphatic heterocycles. The van der Waals surface area contributed by atoms with Crippen LogP contribution in [0.5, 0.6) is 0 Å². The molecular weight excluding hydrogens is 262 g/mol. The largest absolute Gasteiger partial charge is 0.245 e. The maximum absolute atomic E-state index is 11.5. The van der Waals surface area contributed by atoms with Crippen molar-refractivity contribution in [2.24, 2.45) is 0 Å². The van der Waals surface area contributed by atoms with Crippen molar-refractivity contribution in [3.63, 3.8) is 0 Å². The average molecular weight is 279 g/mol. The van der Waals surface area contributed by atoms with E-state index in [2.05, 4.69) is 10.3 Å². The fraction of sp³-hybridized carbons (Fsp3) is 0.385. The second-order valence-corrected chi connectivity index (χ2v) is 6.81. The lowest BCUT2D eigenvalue weighted by atomic mass is 10.1. The molecule has 0 aliphatic rings. The smallest absolute Gasteiger partial charge is 0.155 e. The van der Waals surface area contributed by atoms with Gasteiger partial charge < -0.3 is 0 Å². The summed E-state index contributed by atoms with van der Waals surface area (Å²) in [5.41, 5.74) is 1.60. The van der Waals surface area contributed by atoms with Crippen LogP contribution < -0.4 is 0 Å². The first-order valence-electron chi connectivity index (χ1n) is 6.18. The van der Waals surface area contributed by atoms with Crippen LogP contribution in [0.1, 0.15) is 31.1 Å². The van der Waals surface area contributed by atoms with Gasteiger partial charge in [-0.05, 0) is 12.5 Å². The molecule has 0 spiro atoms. The highest BCUT2D eigenvalue weighted by molar-refractivity contribution is 7.90. The van der Waals surface area contributed by atoms with Gasteiger partial charge in [0.05, 0.1) is 23.7 Å². The first-order valence-corrected chi connectivity index (χ1v) is 8.00. The van der Waals surface area contributed by atoms with Crippen molar-refractivity contribution in [3.05, 3.63) is 47.8 Å². The van der Waals surface area contributed by atoms with Crippen molar-refractivity contribution in [1.82, 2.24) is 15.0 Å². The van der Waals surface area contributed by atoms with Gasteiger partial charge in [0.1, 0.15) is 0 Å². The fourth-order valence-corrected chi connectivity index (χ4v) is 2.57. The minimum atomic E-state index is -3.07. The fourth-order valence-electron chi connectivity index (χ4n) is 1.78. The lowest BCUT2D eigenvalue weighted by molar-refractivity contribution is 0.543. The van der Waals surface area contributed by atoms with Gasteiger partial charge in [0.2, 0.25) is 0 Å². The third kappa shape index (κ3) is 3.41. The van der Waals surface area contributed by atoms with Gasteiger partial charge in [0.25, 0.3) is 0 Å². The Bertz CT molecular complexity index is 635. The van der Waals surface area contributed by atoms with Gasteiger partial charge in [0.15, 0.2) is 9.84 Å². The number of nitrogens with zero attached hydrogens (tertiary/aromatic N) is 3. The molecule has 0 radical (unpaired) electrons. The molecule has 1 aromatic carbocycles. The van der Waals surface area contributed by atoms with Crippen molar-refractivity contribution >= 4 is 9.84 Å². The van der Waals surface area contributed by atoms with Crippen LogP contribution in [0.3, 0.4) is 0 Å². The summed E-state index contributed by atoms with van der Waals surface area (Å²) in [6.45, 7) is 3.63. The summed E-state index contributed by atoms with van der Waals surface area (Å²) in [5.74, 6) is 0.0686. The van der Waals surface area contributed by atoms with Crippen LogP contribution in [-0.2, 0) is 15.6 Å². The quantitative estimate of drug-likeness (QED) is 0.837. The molecule has 0 amide bonds. The minimum absolute atomic E-state index is 0.0341. The Labute approximate surface area is 113 Å². The Morgan fingerprint density at radius 2 is 1.95 bits per heavy atom. The van der Waals surface area contributed by atoms with E-state index in [1.165, 1.54) is 0 Å². The maximum atomic E-state index is 11.5. The van der Waals surface area contributed by atoms with Crippen molar-refractivity contribution in [2.45, 2.75) is 25.6 Å². The summed E-state index contributed by atoms with van der Waals surface area (Å²) in [7, 11) is -3.07. The molecule has 6 heteroatoms. The Morgan fingerprint density at radius 3 is 2.58 bits per heavy atom. The highest BCUT2D eigenvalue weighted by Gasteiger charge is 2.14. The Hall–Kier alpha value is -1.69. The van der Waals surface area contributed by atoms with E-state index in [-0.39, 0.29) is 17.5 Å². The van der Waals surface area contributed by atoms with Gasteiger partial charge in [-0.1, -0.05) is 42.5 Å². The van der Waals surface area contributed by atoms with Gasteiger partial charge in [-0.25, -0.2) is 13.1 Å². The predicted molar refractivity (Wildman–Crippen MR) is 73.4 cm³/mol. The van der Waals surface area contributed by atoms with Crippen LogP contribution >= 0.6 is 0 Å². The lowest BCUT2D eigenvalue weighted by Gasteiger charge is -2.10. The van der Waals surface area contributed by atoms with Crippen LogP contribution in [0.15, 0.2) is 36.5 Å². The van der Waals surface area contributed by atoms with E-state index in [0.29, 0.717) is 5.69 Å². The molecule has 102 valence electrons. The van der Waals surface area contributed by atoms with Crippen LogP contribution in [0, 0.1) is 0 Å². The van der Waals surface area contributed by atoms with Crippen LogP contribution in [0.25, 0.3) is 0 Å². The molecule has 1 aromatic heterocycles. The van der Waals surface area contributed by atoms with E-state index >= 15 is 0 Å². The number of sulfone groups is 1. The summed E-state index contributed by atoms with van der Waals surface area (Å²) in [6, 6.07) is 9.93. The normalized spacial score (nSPS) is 13.4. The van der Waals surface area contributed by atoms with E-state index in [1.54, 1.807) is 17.8 Å². The van der Waals surface area contributed by atoms with Crippen LogP contribution in [0.2, 0.25) is 0 Å². The third-order valence-electron chi connectivity index (χ3n) is 3.04. The molecule has 1 unspecified atom stereocenters. The van der Waals surface area contributed by atoms with Gasteiger partial charge in [-0.2, -0.15) is 0 Å². The average Bonchev–Trinajstić information content (AvgIpc) is 2.86. The molecule has 5 nitrogen and oxygen atoms in total. The van der Waals surface area contributed by atoms with E-state index < -0.39 is 9.84 Å². The van der Waals surface area contributed by atoms with E-state index in [1.807, 2.05) is 37.3 Å². The molecule has 2 rings (SSSR count). The molecule has 0 saturated heterocycles. The monoisotopic (exact) mass is 279 g/mol. The van der Waals surface area contributed by atoms with E-state index in [0.717, 1.165) is 5.56 Å². The molecule has 0 N–H and O–H groups in total. The molecule has 0 saturated carbocycles. The highest BCUT2D eigenvalue weighted by Crippen LogP contribution is 2.16. The Morgan fingerprint density at radius 1 is 1.26 bits per heavy atom. The number of rotatable bonds is 5. The second-order valence-electron chi connectivity index (χ2n) is 4.45. The van der Waals surface area contributed by atoms with E-state index in [9.17, 15) is 8.42 Å². The number of hydrogen-bond acceptors (Lipinski definition) is 4. The van der Waals surface area contributed by atoms with Crippen molar-refractivity contribution in [3.8, 4) is 0 Å². The van der Waals surface area contributed by atoms with Gasteiger partial charge >= 0.3 is 0 Å². The molecule has 0 aliphatic carbocycles. The standard InChI is InChI=1S/C13H17N3O2S/c1-3-19(17,18)10-13-9-16(15-14-13)11(2)12-7-5-4-6-8-12/h4-9,11H,3,10H2,1-2H3. The Kier molecular flexibility index (Phi) is 3.99. The number of aromatic nitrogens is 3. The lowest BCUT2D eigenvalue weighted by Crippen LogP contribution is -2.08. The molecule has 0 fully saturated rings. The topological polar surface area (TPSA) is 64.8 Å². The molecule has 19 heavy (non-hydrogen) atoms. The maximum Gasteiger partial charge on any atom is 0.155 e. The van der Waals surface area contributed by atoms with Crippen LogP contribution in [-0.4, -0.2) is 29.2 Å². The predicted octanol–water partition coefficient (Wildman–Crippen LogP) is 1.82. The zero-order valence-corrected chi connectivity index (χ0v) is 11.8. The molecule has 1 atom stereocenters. The minimum Gasteiger partial charge on any atom is -0.245 e. The first-order chi connectivity index (χ1) is 9.02. The van der Waals surface area contributed by atoms with Gasteiger partial charge in [-0.3, -0.25) is 0 Å². The zero-order valence-electron chi connectivity index (χ0n) is 11.0. The van der Waals surface area contributed by atoms with Crippen molar-refractivity contribution < 1.29 is 8.42 Å². The molecule has 2 aromatic rings. The summed E-state index contributed by atoms with van der Waals surface area (Å²) >= 11 is 0. The third-order valence-corrected chi connectivity index (χ3v) is 4.66. The molecular formula is C13H17N3O2S. The SMILES string of the molecule is CCS(=O)(=O)Cc1cn(C(C)c2ccccc2)nn1. The summed E-state index contributed by atoms with van der Waals surface area (Å²) in [4.78, 5) is 0. The van der Waals surface area contributed by atoms with Crippen LogP contribution in [0.4, 0.5) is 0 Å². The zero-order chi connectivity index (χ0) is 13.9. The van der Waals surface area contributed by atoms with Crippen molar-refractivity contribution in [2.75, 3.05) is 5.75 Å². The summed E-state index contributed by atoms with van der Waals surface area (Å²) in [6.07, 6.45) is 1.70. The van der Waals surface area contributed by atoms with Gasteiger partial charge in [-0.15, -0.1) is 5.10 Å². The highest BCUT2D eigenvalue weighted by atomic mass is 32.2. The van der Waals surface area contributed by atoms with Gasteiger partial charge in [0, 0.05) is 5.75 Å². The number of hydrogen-bond donors (Lipinski definition) is 0. The Balaban J connectivity index is 2.18. The van der Waals surface area contributed by atoms with Crippen molar-refractivity contribution in [1.29, 1.82) is 0 Å². The summed E-state index contributed by atoms with van der Waals surface area (Å²) in [5, 5.41) is 7.94. The summed E-state index contributed by atoms with van der Waals surface area (Å²) < 4.78 is 24.8.